The van der Waals surface area contributed by atoms with Crippen molar-refractivity contribution in [1.82, 2.24) is 5.32 Å². The van der Waals surface area contributed by atoms with E-state index in [4.69, 9.17) is 10.2 Å². The zero-order chi connectivity index (χ0) is 18.7. The van der Waals surface area contributed by atoms with E-state index < -0.39 is 10.8 Å². The number of anilines is 1. The first-order chi connectivity index (χ1) is 12.4. The number of benzene rings is 2. The quantitative estimate of drug-likeness (QED) is 0.369. The molecule has 0 aliphatic carbocycles. The Morgan fingerprint density at radius 3 is 2.58 bits per heavy atom. The average Bonchev–Trinajstić information content (AvgIpc) is 3.09. The van der Waals surface area contributed by atoms with E-state index in [0.717, 1.165) is 16.1 Å². The number of nitro benzene ring substituents is 1. The van der Waals surface area contributed by atoms with E-state index in [1.54, 1.807) is 6.07 Å². The maximum atomic E-state index is 12.2. The molecule has 1 heterocycles. The Morgan fingerprint density at radius 2 is 1.88 bits per heavy atom. The third-order valence-electron chi connectivity index (χ3n) is 3.70. The molecule has 7 nitrogen and oxygen atoms in total. The second-order valence-electron chi connectivity index (χ2n) is 5.49. The van der Waals surface area contributed by atoms with Gasteiger partial charge in [0.15, 0.2) is 0 Å². The lowest BCUT2D eigenvalue weighted by molar-refractivity contribution is -0.383. The van der Waals surface area contributed by atoms with Crippen LogP contribution in [0.4, 0.5) is 11.4 Å². The molecule has 8 heteroatoms. The molecule has 0 atom stereocenters. The topological polar surface area (TPSA) is 111 Å². The fourth-order valence-corrected chi connectivity index (χ4v) is 2.62. The lowest BCUT2D eigenvalue weighted by atomic mass is 10.1. The Kier molecular flexibility index (Phi) is 5.04. The predicted molar refractivity (Wildman–Crippen MR) is 101 cm³/mol. The van der Waals surface area contributed by atoms with E-state index in [2.05, 4.69) is 21.2 Å². The zero-order valence-electron chi connectivity index (χ0n) is 13.4. The van der Waals surface area contributed by atoms with E-state index in [1.807, 2.05) is 30.3 Å². The highest BCUT2D eigenvalue weighted by Gasteiger charge is 2.16. The van der Waals surface area contributed by atoms with Crippen molar-refractivity contribution >= 4 is 33.2 Å². The van der Waals surface area contributed by atoms with Gasteiger partial charge in [-0.3, -0.25) is 14.9 Å². The predicted octanol–water partition coefficient (Wildman–Crippen LogP) is 4.13. The molecule has 0 aliphatic heterocycles. The molecule has 3 rings (SSSR count). The molecule has 0 aliphatic rings. The fraction of sp³-hybridized carbons (Fsp3) is 0.0556. The van der Waals surface area contributed by atoms with Crippen LogP contribution in [-0.2, 0) is 6.54 Å². The molecule has 0 fully saturated rings. The smallest absolute Gasteiger partial charge is 0.292 e. The van der Waals surface area contributed by atoms with Crippen molar-refractivity contribution in [3.8, 4) is 11.3 Å². The maximum absolute atomic E-state index is 12.2. The molecular formula is C18H14BrN3O4. The second kappa shape index (κ2) is 7.40. The van der Waals surface area contributed by atoms with Crippen LogP contribution in [0.1, 0.15) is 16.1 Å². The van der Waals surface area contributed by atoms with E-state index in [0.29, 0.717) is 11.5 Å². The van der Waals surface area contributed by atoms with Gasteiger partial charge < -0.3 is 15.5 Å². The van der Waals surface area contributed by atoms with Crippen LogP contribution in [0.2, 0.25) is 0 Å². The van der Waals surface area contributed by atoms with Crippen LogP contribution in [0, 0.1) is 10.1 Å². The number of nitrogen functional groups attached to an aromatic ring is 1. The molecule has 2 aromatic carbocycles. The molecule has 26 heavy (non-hydrogen) atoms. The molecule has 132 valence electrons. The van der Waals surface area contributed by atoms with Gasteiger partial charge in [0.05, 0.1) is 11.5 Å². The Balaban J connectivity index is 1.68. The SMILES string of the molecule is Nc1ccc(C(=O)NCc2ccc(-c3ccc(Br)cc3)o2)cc1[N+](=O)[O-]. The van der Waals surface area contributed by atoms with Crippen molar-refractivity contribution in [3.05, 3.63) is 80.5 Å². The molecule has 0 radical (unpaired) electrons. The summed E-state index contributed by atoms with van der Waals surface area (Å²) in [6.45, 7) is 0.160. The molecule has 0 unspecified atom stereocenters. The number of hydrogen-bond donors (Lipinski definition) is 2. The number of nitro groups is 1. The van der Waals surface area contributed by atoms with Gasteiger partial charge in [0.2, 0.25) is 0 Å². The summed E-state index contributed by atoms with van der Waals surface area (Å²) < 4.78 is 6.69. The number of nitrogens with two attached hydrogens (primary N) is 1. The summed E-state index contributed by atoms with van der Waals surface area (Å²) in [6, 6.07) is 15.2. The summed E-state index contributed by atoms with van der Waals surface area (Å²) in [5.74, 6) is 0.806. The van der Waals surface area contributed by atoms with E-state index >= 15 is 0 Å². The van der Waals surface area contributed by atoms with Gasteiger partial charge in [-0.05, 0) is 36.4 Å². The van der Waals surface area contributed by atoms with Crippen molar-refractivity contribution in [2.45, 2.75) is 6.54 Å². The van der Waals surface area contributed by atoms with E-state index in [9.17, 15) is 14.9 Å². The molecule has 0 saturated heterocycles. The lowest BCUT2D eigenvalue weighted by Crippen LogP contribution is -2.22. The fourth-order valence-electron chi connectivity index (χ4n) is 2.35. The minimum atomic E-state index is -0.622. The molecule has 1 aromatic heterocycles. The van der Waals surface area contributed by atoms with Crippen molar-refractivity contribution in [3.63, 3.8) is 0 Å². The first-order valence-electron chi connectivity index (χ1n) is 7.61. The Hall–Kier alpha value is -3.13. The minimum absolute atomic E-state index is 0.0109. The van der Waals surface area contributed by atoms with Gasteiger partial charge in [-0.1, -0.05) is 28.1 Å². The molecular weight excluding hydrogens is 402 g/mol. The molecule has 1 amide bonds. The van der Waals surface area contributed by atoms with Crippen LogP contribution in [0.15, 0.2) is 63.5 Å². The number of nitrogens with zero attached hydrogens (tertiary/aromatic N) is 1. The molecule has 0 saturated carbocycles. The lowest BCUT2D eigenvalue weighted by Gasteiger charge is -2.05. The van der Waals surface area contributed by atoms with Gasteiger partial charge in [-0.15, -0.1) is 0 Å². The monoisotopic (exact) mass is 415 g/mol. The first-order valence-corrected chi connectivity index (χ1v) is 8.40. The van der Waals surface area contributed by atoms with E-state index in [-0.39, 0.29) is 23.5 Å². The summed E-state index contributed by atoms with van der Waals surface area (Å²) in [7, 11) is 0. The summed E-state index contributed by atoms with van der Waals surface area (Å²) >= 11 is 3.38. The zero-order valence-corrected chi connectivity index (χ0v) is 15.0. The van der Waals surface area contributed by atoms with Crippen LogP contribution in [0.5, 0.6) is 0 Å². The number of nitrogens with one attached hydrogen (secondary N) is 1. The van der Waals surface area contributed by atoms with E-state index in [1.165, 1.54) is 12.1 Å². The van der Waals surface area contributed by atoms with Crippen LogP contribution in [0.3, 0.4) is 0 Å². The van der Waals surface area contributed by atoms with Crippen LogP contribution >= 0.6 is 15.9 Å². The summed E-state index contributed by atoms with van der Waals surface area (Å²) in [5.41, 5.74) is 6.32. The van der Waals surface area contributed by atoms with Gasteiger partial charge in [-0.25, -0.2) is 0 Å². The second-order valence-corrected chi connectivity index (χ2v) is 6.40. The van der Waals surface area contributed by atoms with Crippen molar-refractivity contribution in [2.24, 2.45) is 0 Å². The largest absolute Gasteiger partial charge is 0.459 e. The van der Waals surface area contributed by atoms with Gasteiger partial charge in [0.25, 0.3) is 11.6 Å². The number of halogens is 1. The van der Waals surface area contributed by atoms with Crippen LogP contribution in [0.25, 0.3) is 11.3 Å². The Labute approximate surface area is 157 Å². The van der Waals surface area contributed by atoms with Crippen LogP contribution in [-0.4, -0.2) is 10.8 Å². The van der Waals surface area contributed by atoms with Gasteiger partial charge in [0, 0.05) is 21.7 Å². The number of hydrogen-bond acceptors (Lipinski definition) is 5. The van der Waals surface area contributed by atoms with Gasteiger partial charge in [-0.2, -0.15) is 0 Å². The third kappa shape index (κ3) is 3.92. The summed E-state index contributed by atoms with van der Waals surface area (Å²) in [4.78, 5) is 22.5. The minimum Gasteiger partial charge on any atom is -0.459 e. The number of carbonyl (C=O) groups excluding carboxylic acids is 1. The summed E-state index contributed by atoms with van der Waals surface area (Å²) in [5, 5.41) is 13.6. The van der Waals surface area contributed by atoms with Crippen molar-refractivity contribution < 1.29 is 14.1 Å². The number of carbonyl (C=O) groups is 1. The molecule has 0 spiro atoms. The normalized spacial score (nSPS) is 10.5. The standard InChI is InChI=1S/C18H14BrN3O4/c19-13-4-1-11(2-5-13)17-8-6-14(26-17)10-21-18(23)12-3-7-15(20)16(9-12)22(24)25/h1-9H,10,20H2,(H,21,23). The molecule has 0 bridgehead atoms. The summed E-state index contributed by atoms with van der Waals surface area (Å²) in [6.07, 6.45) is 0. The highest BCUT2D eigenvalue weighted by molar-refractivity contribution is 9.10. The van der Waals surface area contributed by atoms with Gasteiger partial charge >= 0.3 is 0 Å². The highest BCUT2D eigenvalue weighted by atomic mass is 79.9. The van der Waals surface area contributed by atoms with Crippen LogP contribution < -0.4 is 11.1 Å². The van der Waals surface area contributed by atoms with Crippen molar-refractivity contribution in [1.29, 1.82) is 0 Å². The first kappa shape index (κ1) is 17.7. The third-order valence-corrected chi connectivity index (χ3v) is 4.23. The highest BCUT2D eigenvalue weighted by Crippen LogP contribution is 2.24. The number of rotatable bonds is 5. The molecule has 3 aromatic rings. The van der Waals surface area contributed by atoms with Crippen molar-refractivity contribution in [2.75, 3.05) is 5.73 Å². The maximum Gasteiger partial charge on any atom is 0.292 e. The number of amides is 1. The number of furan rings is 1. The van der Waals surface area contributed by atoms with Gasteiger partial charge in [0.1, 0.15) is 17.2 Å². The molecule has 3 N–H and O–H groups in total. The Bertz CT molecular complexity index is 967. The average molecular weight is 416 g/mol. The Morgan fingerprint density at radius 1 is 1.15 bits per heavy atom.